The topological polar surface area (TPSA) is 119 Å². The number of carbonyl (C=O) groups excluding carboxylic acids is 1. The number of aryl methyl sites for hydroxylation is 1. The number of alkyl halides is 3. The Balaban J connectivity index is 1.36. The molecule has 0 saturated heterocycles. The lowest BCUT2D eigenvalue weighted by Gasteiger charge is -2.17. The molecule has 1 aromatic carbocycles. The van der Waals surface area contributed by atoms with E-state index < -0.39 is 23.7 Å². The Morgan fingerprint density at radius 3 is 2.55 bits per heavy atom. The van der Waals surface area contributed by atoms with Crippen LogP contribution in [0.4, 0.5) is 24.8 Å². The molecule has 0 aliphatic carbocycles. The first-order valence-corrected chi connectivity index (χ1v) is 13.0. The minimum Gasteiger partial charge on any atom is -0.383 e. The largest absolute Gasteiger partial charge is 0.417 e. The van der Waals surface area contributed by atoms with Crippen molar-refractivity contribution in [3.05, 3.63) is 94.4 Å². The molecule has 0 bridgehead atoms. The minimum atomic E-state index is -4.65. The second-order valence-electron chi connectivity index (χ2n) is 9.19. The zero-order valence-electron chi connectivity index (χ0n) is 21.5. The molecule has 1 atom stereocenters. The van der Waals surface area contributed by atoms with E-state index in [-0.39, 0.29) is 17.9 Å². The number of nitrogens with zero attached hydrogens (tertiary/aromatic N) is 4. The molecule has 4 N–H and O–H groups in total. The van der Waals surface area contributed by atoms with Crippen LogP contribution in [-0.4, -0.2) is 25.8 Å². The minimum absolute atomic E-state index is 0.0466. The standard InChI is InChI=1S/C28H24F3N7OS/c1-15-3-5-17(6-4-15)16(2)38-27(39)21-9-18(28(29,30)31)11-34-26(21)35-12-19-7-8-24(40-19)22-10-20-23(13-33-22)36-14-37-25(20)32/h3-11,13-14,16H,12H2,1-2H3,(H,34,35)(H,38,39)(H2,32,36,37)/t16-/m0/s1. The van der Waals surface area contributed by atoms with Gasteiger partial charge in [0, 0.05) is 16.5 Å². The third-order valence-electron chi connectivity index (χ3n) is 6.28. The van der Waals surface area contributed by atoms with Crippen LogP contribution in [0.25, 0.3) is 21.5 Å². The highest BCUT2D eigenvalue weighted by Gasteiger charge is 2.33. The highest BCUT2D eigenvalue weighted by atomic mass is 32.1. The van der Waals surface area contributed by atoms with Crippen LogP contribution >= 0.6 is 11.3 Å². The average Bonchev–Trinajstić information content (AvgIpc) is 3.41. The number of rotatable bonds is 7. The van der Waals surface area contributed by atoms with Crippen LogP contribution in [0.5, 0.6) is 0 Å². The quantitative estimate of drug-likeness (QED) is 0.217. The molecule has 5 rings (SSSR count). The maximum Gasteiger partial charge on any atom is 0.417 e. The molecule has 0 fully saturated rings. The summed E-state index contributed by atoms with van der Waals surface area (Å²) in [7, 11) is 0. The van der Waals surface area contributed by atoms with E-state index in [1.165, 1.54) is 17.7 Å². The molecule has 12 heteroatoms. The summed E-state index contributed by atoms with van der Waals surface area (Å²) >= 11 is 1.44. The Morgan fingerprint density at radius 2 is 1.80 bits per heavy atom. The average molecular weight is 564 g/mol. The molecule has 204 valence electrons. The first-order chi connectivity index (χ1) is 19.1. The van der Waals surface area contributed by atoms with Crippen molar-refractivity contribution in [2.75, 3.05) is 11.1 Å². The summed E-state index contributed by atoms with van der Waals surface area (Å²) in [6, 6.07) is 13.5. The third-order valence-corrected chi connectivity index (χ3v) is 7.39. The van der Waals surface area contributed by atoms with Crippen molar-refractivity contribution in [1.82, 2.24) is 25.3 Å². The molecule has 4 aromatic heterocycles. The van der Waals surface area contributed by atoms with Gasteiger partial charge in [0.25, 0.3) is 5.91 Å². The second kappa shape index (κ2) is 10.9. The van der Waals surface area contributed by atoms with Gasteiger partial charge >= 0.3 is 6.18 Å². The van der Waals surface area contributed by atoms with Crippen LogP contribution in [0.1, 0.15) is 44.9 Å². The van der Waals surface area contributed by atoms with E-state index in [1.807, 2.05) is 49.4 Å². The number of thiophene rings is 1. The van der Waals surface area contributed by atoms with Crippen molar-refractivity contribution in [2.24, 2.45) is 0 Å². The van der Waals surface area contributed by atoms with E-state index in [4.69, 9.17) is 5.73 Å². The summed E-state index contributed by atoms with van der Waals surface area (Å²) in [5, 5.41) is 6.49. The van der Waals surface area contributed by atoms with Crippen LogP contribution in [0.2, 0.25) is 0 Å². The molecule has 1 amide bonds. The second-order valence-corrected chi connectivity index (χ2v) is 10.4. The SMILES string of the molecule is Cc1ccc([C@H](C)NC(=O)c2cc(C(F)(F)F)cnc2NCc2ccc(-c3cc4c(N)ncnc4cn3)s2)cc1. The van der Waals surface area contributed by atoms with Crippen LogP contribution in [-0.2, 0) is 12.7 Å². The number of aromatic nitrogens is 4. The van der Waals surface area contributed by atoms with E-state index >= 15 is 0 Å². The Hall–Kier alpha value is -4.58. The monoisotopic (exact) mass is 563 g/mol. The fourth-order valence-corrected chi connectivity index (χ4v) is 4.96. The number of carbonyl (C=O) groups is 1. The first kappa shape index (κ1) is 27.0. The molecule has 0 aliphatic rings. The van der Waals surface area contributed by atoms with Gasteiger partial charge in [-0.05, 0) is 43.7 Å². The number of anilines is 2. The summed E-state index contributed by atoms with van der Waals surface area (Å²) in [5.41, 5.74) is 7.97. The van der Waals surface area contributed by atoms with E-state index in [0.29, 0.717) is 28.6 Å². The van der Waals surface area contributed by atoms with Crippen LogP contribution in [0.3, 0.4) is 0 Å². The molecule has 0 aliphatic heterocycles. The summed E-state index contributed by atoms with van der Waals surface area (Å²) in [6.45, 7) is 3.94. The molecule has 4 heterocycles. The Labute approximate surface area is 231 Å². The molecule has 0 saturated carbocycles. The van der Waals surface area contributed by atoms with Gasteiger partial charge < -0.3 is 16.4 Å². The molecular formula is C28H24F3N7OS. The summed E-state index contributed by atoms with van der Waals surface area (Å²) in [5.74, 6) is -0.269. The number of fused-ring (bicyclic) bond motifs is 1. The van der Waals surface area contributed by atoms with Gasteiger partial charge in [-0.25, -0.2) is 15.0 Å². The molecule has 40 heavy (non-hydrogen) atoms. The number of benzene rings is 1. The van der Waals surface area contributed by atoms with E-state index in [1.54, 1.807) is 13.1 Å². The van der Waals surface area contributed by atoms with Crippen molar-refractivity contribution in [3.8, 4) is 10.6 Å². The Morgan fingerprint density at radius 1 is 1.02 bits per heavy atom. The number of pyridine rings is 2. The zero-order chi connectivity index (χ0) is 28.4. The molecular weight excluding hydrogens is 539 g/mol. The molecule has 8 nitrogen and oxygen atoms in total. The Kier molecular flexibility index (Phi) is 7.35. The maximum absolute atomic E-state index is 13.5. The molecule has 0 unspecified atom stereocenters. The molecule has 5 aromatic rings. The number of nitrogen functional groups attached to an aromatic ring is 1. The number of hydrogen-bond acceptors (Lipinski definition) is 8. The van der Waals surface area contributed by atoms with Gasteiger partial charge in [0.1, 0.15) is 18.0 Å². The van der Waals surface area contributed by atoms with Crippen LogP contribution in [0, 0.1) is 6.92 Å². The van der Waals surface area contributed by atoms with E-state index in [2.05, 4.69) is 30.6 Å². The number of hydrogen-bond donors (Lipinski definition) is 3. The van der Waals surface area contributed by atoms with Gasteiger partial charge in [0.15, 0.2) is 0 Å². The number of nitrogens with two attached hydrogens (primary N) is 1. The lowest BCUT2D eigenvalue weighted by molar-refractivity contribution is -0.137. The van der Waals surface area contributed by atoms with Crippen LogP contribution in [0.15, 0.2) is 67.3 Å². The fourth-order valence-electron chi connectivity index (χ4n) is 4.04. The number of amides is 1. The smallest absolute Gasteiger partial charge is 0.383 e. The third kappa shape index (κ3) is 5.86. The van der Waals surface area contributed by atoms with Gasteiger partial charge in [0.2, 0.25) is 0 Å². The van der Waals surface area contributed by atoms with Gasteiger partial charge in [0.05, 0.1) is 46.0 Å². The van der Waals surface area contributed by atoms with E-state index in [0.717, 1.165) is 26.9 Å². The van der Waals surface area contributed by atoms with Crippen molar-refractivity contribution < 1.29 is 18.0 Å². The normalized spacial score (nSPS) is 12.3. The van der Waals surface area contributed by atoms with Gasteiger partial charge in [-0.3, -0.25) is 9.78 Å². The lowest BCUT2D eigenvalue weighted by Crippen LogP contribution is -2.28. The van der Waals surface area contributed by atoms with Gasteiger partial charge in [-0.1, -0.05) is 29.8 Å². The summed E-state index contributed by atoms with van der Waals surface area (Å²) < 4.78 is 40.4. The molecule has 0 radical (unpaired) electrons. The van der Waals surface area contributed by atoms with Crippen molar-refractivity contribution in [2.45, 2.75) is 32.6 Å². The summed E-state index contributed by atoms with van der Waals surface area (Å²) in [6.07, 6.45) is -0.934. The number of nitrogens with one attached hydrogen (secondary N) is 2. The fraction of sp³-hybridized carbons (Fsp3) is 0.179. The highest BCUT2D eigenvalue weighted by Crippen LogP contribution is 2.32. The lowest BCUT2D eigenvalue weighted by atomic mass is 10.1. The number of halogens is 3. The van der Waals surface area contributed by atoms with Gasteiger partial charge in [-0.2, -0.15) is 13.2 Å². The first-order valence-electron chi connectivity index (χ1n) is 12.2. The van der Waals surface area contributed by atoms with Crippen LogP contribution < -0.4 is 16.4 Å². The predicted molar refractivity (Wildman–Crippen MR) is 149 cm³/mol. The van der Waals surface area contributed by atoms with Crippen molar-refractivity contribution in [3.63, 3.8) is 0 Å². The Bertz CT molecular complexity index is 1690. The predicted octanol–water partition coefficient (Wildman–Crippen LogP) is 6.16. The van der Waals surface area contributed by atoms with Crippen molar-refractivity contribution in [1.29, 1.82) is 0 Å². The molecule has 0 spiro atoms. The summed E-state index contributed by atoms with van der Waals surface area (Å²) in [4.78, 5) is 31.4. The zero-order valence-corrected chi connectivity index (χ0v) is 22.3. The van der Waals surface area contributed by atoms with E-state index in [9.17, 15) is 18.0 Å². The maximum atomic E-state index is 13.5. The highest BCUT2D eigenvalue weighted by molar-refractivity contribution is 7.15. The van der Waals surface area contributed by atoms with Crippen molar-refractivity contribution >= 4 is 39.8 Å². The van der Waals surface area contributed by atoms with Gasteiger partial charge in [-0.15, -0.1) is 11.3 Å².